The van der Waals surface area contributed by atoms with Gasteiger partial charge in [0, 0.05) is 12.1 Å². The van der Waals surface area contributed by atoms with Crippen LogP contribution in [0, 0.1) is 12.7 Å². The zero-order chi connectivity index (χ0) is 21.8. The molecule has 9 heteroatoms. The molecule has 0 fully saturated rings. The predicted molar refractivity (Wildman–Crippen MR) is 110 cm³/mol. The van der Waals surface area contributed by atoms with Crippen LogP contribution in [0.4, 0.5) is 4.39 Å². The molecule has 1 N–H and O–H groups in total. The Morgan fingerprint density at radius 1 is 1.16 bits per heavy atom. The standard InChI is InChI=1S/C22H19FN4O4/c1-13-25-21(30-12-18(28)24-11-14-5-3-8-17(9-14)29-2)19-20(27-31-22(19)26-13)15-6-4-7-16(23)10-15/h3-10H,11-12H2,1-2H3,(H,24,28). The number of rotatable bonds is 7. The fraction of sp³-hybridized carbons (Fsp3) is 0.182. The van der Waals surface area contributed by atoms with Gasteiger partial charge >= 0.3 is 0 Å². The van der Waals surface area contributed by atoms with Crippen LogP contribution in [0.2, 0.25) is 0 Å². The first-order valence-corrected chi connectivity index (χ1v) is 9.46. The quantitative estimate of drug-likeness (QED) is 0.487. The van der Waals surface area contributed by atoms with E-state index in [1.54, 1.807) is 26.2 Å². The molecule has 31 heavy (non-hydrogen) atoms. The second-order valence-electron chi connectivity index (χ2n) is 6.71. The fourth-order valence-corrected chi connectivity index (χ4v) is 3.03. The summed E-state index contributed by atoms with van der Waals surface area (Å²) in [6.45, 7) is 1.71. The Kier molecular flexibility index (Phi) is 5.74. The van der Waals surface area contributed by atoms with Crippen LogP contribution in [0.15, 0.2) is 53.1 Å². The molecule has 2 aromatic carbocycles. The van der Waals surface area contributed by atoms with Crippen molar-refractivity contribution in [3.8, 4) is 22.9 Å². The lowest BCUT2D eigenvalue weighted by Gasteiger charge is -2.09. The van der Waals surface area contributed by atoms with E-state index in [9.17, 15) is 9.18 Å². The molecule has 158 valence electrons. The maximum Gasteiger partial charge on any atom is 0.265 e. The molecule has 4 aromatic rings. The van der Waals surface area contributed by atoms with Crippen molar-refractivity contribution in [2.75, 3.05) is 13.7 Å². The maximum absolute atomic E-state index is 13.7. The molecule has 2 aromatic heterocycles. The molecule has 8 nitrogen and oxygen atoms in total. The lowest BCUT2D eigenvalue weighted by molar-refractivity contribution is -0.123. The average Bonchev–Trinajstić information content (AvgIpc) is 3.20. The molecule has 0 saturated carbocycles. The summed E-state index contributed by atoms with van der Waals surface area (Å²) in [5.41, 5.74) is 1.90. The minimum atomic E-state index is -0.416. The predicted octanol–water partition coefficient (Wildman–Crippen LogP) is 3.44. The van der Waals surface area contributed by atoms with Crippen LogP contribution in [0.5, 0.6) is 11.6 Å². The zero-order valence-corrected chi connectivity index (χ0v) is 16.9. The molecular formula is C22H19FN4O4. The number of amides is 1. The average molecular weight is 422 g/mol. The van der Waals surface area contributed by atoms with Crippen LogP contribution in [-0.4, -0.2) is 34.7 Å². The van der Waals surface area contributed by atoms with Crippen LogP contribution in [0.3, 0.4) is 0 Å². The number of carbonyl (C=O) groups excluding carboxylic acids is 1. The summed E-state index contributed by atoms with van der Waals surface area (Å²) < 4.78 is 29.8. The first-order chi connectivity index (χ1) is 15.0. The monoisotopic (exact) mass is 422 g/mol. The van der Waals surface area contributed by atoms with Gasteiger partial charge in [-0.2, -0.15) is 9.97 Å². The molecule has 0 unspecified atom stereocenters. The second-order valence-corrected chi connectivity index (χ2v) is 6.71. The lowest BCUT2D eigenvalue weighted by atomic mass is 10.1. The van der Waals surface area contributed by atoms with E-state index in [-0.39, 0.29) is 24.1 Å². The fourth-order valence-electron chi connectivity index (χ4n) is 3.03. The van der Waals surface area contributed by atoms with Gasteiger partial charge in [0.1, 0.15) is 28.5 Å². The minimum absolute atomic E-state index is 0.138. The smallest absolute Gasteiger partial charge is 0.265 e. The Bertz CT molecular complexity index is 1240. The summed E-state index contributed by atoms with van der Waals surface area (Å²) in [6, 6.07) is 13.3. The third kappa shape index (κ3) is 4.61. The van der Waals surface area contributed by atoms with E-state index >= 15 is 0 Å². The minimum Gasteiger partial charge on any atom is -0.497 e. The number of hydrogen-bond donors (Lipinski definition) is 1. The first kappa shape index (κ1) is 20.3. The van der Waals surface area contributed by atoms with E-state index in [2.05, 4.69) is 20.4 Å². The van der Waals surface area contributed by atoms with Gasteiger partial charge in [0.2, 0.25) is 5.88 Å². The van der Waals surface area contributed by atoms with E-state index in [1.165, 1.54) is 12.1 Å². The number of benzene rings is 2. The highest BCUT2D eigenvalue weighted by Crippen LogP contribution is 2.33. The third-order valence-corrected chi connectivity index (χ3v) is 4.48. The number of aryl methyl sites for hydroxylation is 1. The maximum atomic E-state index is 13.7. The van der Waals surface area contributed by atoms with Crippen molar-refractivity contribution in [3.63, 3.8) is 0 Å². The van der Waals surface area contributed by atoms with Crippen LogP contribution >= 0.6 is 0 Å². The molecule has 1 amide bonds. The van der Waals surface area contributed by atoms with Gasteiger partial charge < -0.3 is 19.3 Å². The first-order valence-electron chi connectivity index (χ1n) is 9.46. The van der Waals surface area contributed by atoms with Crippen molar-refractivity contribution >= 4 is 17.0 Å². The summed E-state index contributed by atoms with van der Waals surface area (Å²) in [7, 11) is 1.58. The number of hydrogen-bond acceptors (Lipinski definition) is 7. The summed E-state index contributed by atoms with van der Waals surface area (Å²) in [4.78, 5) is 20.8. The molecule has 0 spiro atoms. The largest absolute Gasteiger partial charge is 0.497 e. The van der Waals surface area contributed by atoms with Crippen LogP contribution in [0.1, 0.15) is 11.4 Å². The number of fused-ring (bicyclic) bond motifs is 1. The summed E-state index contributed by atoms with van der Waals surface area (Å²) >= 11 is 0. The number of nitrogens with one attached hydrogen (secondary N) is 1. The number of aromatic nitrogens is 3. The van der Waals surface area contributed by atoms with Gasteiger partial charge in [-0.3, -0.25) is 4.79 Å². The number of halogens is 1. The van der Waals surface area contributed by atoms with Gasteiger partial charge in [0.25, 0.3) is 11.6 Å². The highest BCUT2D eigenvalue weighted by molar-refractivity contribution is 5.93. The van der Waals surface area contributed by atoms with E-state index in [4.69, 9.17) is 14.0 Å². The SMILES string of the molecule is COc1cccc(CNC(=O)COc2nc(C)nc3onc(-c4cccc(F)c4)c23)c1. The molecule has 0 bridgehead atoms. The van der Waals surface area contributed by atoms with Crippen LogP contribution in [-0.2, 0) is 11.3 Å². The molecule has 0 aliphatic carbocycles. The molecule has 0 aliphatic rings. The summed E-state index contributed by atoms with van der Waals surface area (Å²) in [5, 5.41) is 7.14. The van der Waals surface area contributed by atoms with Crippen molar-refractivity contribution < 1.29 is 23.2 Å². The van der Waals surface area contributed by atoms with Crippen molar-refractivity contribution in [1.29, 1.82) is 0 Å². The number of ether oxygens (including phenoxy) is 2. The van der Waals surface area contributed by atoms with Crippen molar-refractivity contribution in [3.05, 3.63) is 65.7 Å². The lowest BCUT2D eigenvalue weighted by Crippen LogP contribution is -2.28. The Balaban J connectivity index is 1.51. The molecule has 0 atom stereocenters. The number of carbonyl (C=O) groups is 1. The topological polar surface area (TPSA) is 99.4 Å². The Hall–Kier alpha value is -4.01. The van der Waals surface area contributed by atoms with Crippen molar-refractivity contribution in [2.45, 2.75) is 13.5 Å². The van der Waals surface area contributed by atoms with Gasteiger partial charge in [-0.15, -0.1) is 0 Å². The molecular weight excluding hydrogens is 403 g/mol. The van der Waals surface area contributed by atoms with Gasteiger partial charge in [-0.1, -0.05) is 29.4 Å². The highest BCUT2D eigenvalue weighted by atomic mass is 19.1. The van der Waals surface area contributed by atoms with E-state index < -0.39 is 5.82 Å². The number of methoxy groups -OCH3 is 1. The Morgan fingerprint density at radius 3 is 2.81 bits per heavy atom. The van der Waals surface area contributed by atoms with Gasteiger partial charge in [-0.25, -0.2) is 4.39 Å². The van der Waals surface area contributed by atoms with Crippen molar-refractivity contribution in [2.24, 2.45) is 0 Å². The third-order valence-electron chi connectivity index (χ3n) is 4.48. The number of nitrogens with zero attached hydrogens (tertiary/aromatic N) is 3. The van der Waals surface area contributed by atoms with Gasteiger partial charge in [-0.05, 0) is 36.8 Å². The highest BCUT2D eigenvalue weighted by Gasteiger charge is 2.20. The molecule has 4 rings (SSSR count). The second kappa shape index (κ2) is 8.78. The molecule has 0 saturated heterocycles. The van der Waals surface area contributed by atoms with Gasteiger partial charge in [0.15, 0.2) is 6.61 Å². The zero-order valence-electron chi connectivity index (χ0n) is 16.9. The molecule has 2 heterocycles. The summed E-state index contributed by atoms with van der Waals surface area (Å²) in [6.07, 6.45) is 0. The van der Waals surface area contributed by atoms with E-state index in [0.29, 0.717) is 34.8 Å². The van der Waals surface area contributed by atoms with Crippen LogP contribution in [0.25, 0.3) is 22.4 Å². The van der Waals surface area contributed by atoms with Crippen molar-refractivity contribution in [1.82, 2.24) is 20.4 Å². The Labute approximate surface area is 177 Å². The molecule has 0 aliphatic heterocycles. The van der Waals surface area contributed by atoms with Crippen LogP contribution < -0.4 is 14.8 Å². The Morgan fingerprint density at radius 2 is 2.00 bits per heavy atom. The van der Waals surface area contributed by atoms with E-state index in [1.807, 2.05) is 24.3 Å². The molecule has 0 radical (unpaired) electrons. The van der Waals surface area contributed by atoms with Gasteiger partial charge in [0.05, 0.1) is 7.11 Å². The normalized spacial score (nSPS) is 10.8. The van der Waals surface area contributed by atoms with E-state index in [0.717, 1.165) is 5.56 Å². The summed E-state index contributed by atoms with van der Waals surface area (Å²) in [5.74, 6) is 0.483.